The second-order valence-electron chi connectivity index (χ2n) is 7.99. The van der Waals surface area contributed by atoms with Crippen molar-refractivity contribution in [1.82, 2.24) is 10.3 Å². The van der Waals surface area contributed by atoms with Gasteiger partial charge in [0.1, 0.15) is 5.82 Å². The Bertz CT molecular complexity index is 1300. The van der Waals surface area contributed by atoms with Gasteiger partial charge in [0, 0.05) is 22.8 Å². The van der Waals surface area contributed by atoms with Gasteiger partial charge < -0.3 is 15.8 Å². The van der Waals surface area contributed by atoms with Gasteiger partial charge in [0.15, 0.2) is 0 Å². The van der Waals surface area contributed by atoms with Crippen molar-refractivity contribution in [3.8, 4) is 17.2 Å². The first kappa shape index (κ1) is 21.1. The molecule has 2 aromatic carbocycles. The summed E-state index contributed by atoms with van der Waals surface area (Å²) in [5.74, 6) is -1.01. The second-order valence-corrected chi connectivity index (χ2v) is 7.99. The second kappa shape index (κ2) is 8.56. The number of aromatic nitrogens is 1. The Kier molecular flexibility index (Phi) is 5.65. The van der Waals surface area contributed by atoms with Gasteiger partial charge in [0.05, 0.1) is 34.8 Å². The van der Waals surface area contributed by atoms with Crippen LogP contribution in [0.2, 0.25) is 0 Å². The van der Waals surface area contributed by atoms with E-state index in [2.05, 4.69) is 16.4 Å². The fourth-order valence-corrected chi connectivity index (χ4v) is 4.03. The number of hydrogen-bond acceptors (Lipinski definition) is 6. The number of ether oxygens (including phenoxy) is 1. The predicted molar refractivity (Wildman–Crippen MR) is 124 cm³/mol. The molecule has 2 heterocycles. The molecule has 0 spiro atoms. The van der Waals surface area contributed by atoms with E-state index in [9.17, 15) is 10.1 Å². The van der Waals surface area contributed by atoms with Gasteiger partial charge in [-0.25, -0.2) is 4.79 Å². The van der Waals surface area contributed by atoms with Crippen molar-refractivity contribution in [2.24, 2.45) is 5.73 Å². The van der Waals surface area contributed by atoms with Crippen molar-refractivity contribution in [1.29, 1.82) is 5.26 Å². The minimum atomic E-state index is -0.663. The Morgan fingerprint density at radius 2 is 1.91 bits per heavy atom. The first-order valence-corrected chi connectivity index (χ1v) is 10.4. The Balaban J connectivity index is 1.95. The van der Waals surface area contributed by atoms with E-state index in [0.29, 0.717) is 11.3 Å². The summed E-state index contributed by atoms with van der Waals surface area (Å²) >= 11 is 0. The Labute approximate surface area is 187 Å². The summed E-state index contributed by atoms with van der Waals surface area (Å²) in [5, 5.41) is 13.8. The largest absolute Gasteiger partial charge is 0.459 e. The number of allylic oxidation sites excluding steroid dienone is 2. The Hall–Kier alpha value is -4.11. The molecule has 1 unspecified atom stereocenters. The number of rotatable bonds is 4. The molecule has 0 radical (unpaired) electrons. The number of nitrogens with two attached hydrogens (primary N) is 1. The van der Waals surface area contributed by atoms with E-state index < -0.39 is 11.9 Å². The van der Waals surface area contributed by atoms with Crippen molar-refractivity contribution >= 4 is 16.9 Å². The quantitative estimate of drug-likeness (QED) is 0.598. The lowest BCUT2D eigenvalue weighted by molar-refractivity contribution is -0.143. The third-order valence-electron chi connectivity index (χ3n) is 5.45. The van der Waals surface area contributed by atoms with E-state index in [0.717, 1.165) is 27.6 Å². The van der Waals surface area contributed by atoms with E-state index in [4.69, 9.17) is 10.5 Å². The molecule has 3 aromatic rings. The van der Waals surface area contributed by atoms with Crippen LogP contribution in [0.25, 0.3) is 22.0 Å². The topological polar surface area (TPSA) is 101 Å². The predicted octanol–water partition coefficient (Wildman–Crippen LogP) is 4.51. The zero-order valence-corrected chi connectivity index (χ0v) is 18.2. The lowest BCUT2D eigenvalue weighted by atomic mass is 9.80. The summed E-state index contributed by atoms with van der Waals surface area (Å²) in [6.45, 7) is 5.34. The van der Waals surface area contributed by atoms with Crippen LogP contribution in [0.3, 0.4) is 0 Å². The van der Waals surface area contributed by atoms with Crippen LogP contribution >= 0.6 is 0 Å². The number of carbonyl (C=O) groups excluding carboxylic acids is 1. The van der Waals surface area contributed by atoms with Crippen LogP contribution in [0.15, 0.2) is 83.5 Å². The number of nitriles is 1. The monoisotopic (exact) mass is 424 g/mol. The Morgan fingerprint density at radius 3 is 2.59 bits per heavy atom. The highest BCUT2D eigenvalue weighted by atomic mass is 16.5. The van der Waals surface area contributed by atoms with Crippen molar-refractivity contribution in [2.75, 3.05) is 0 Å². The fraction of sp³-hybridized carbons (Fsp3) is 0.192. The molecule has 1 atom stereocenters. The lowest BCUT2D eigenvalue weighted by Gasteiger charge is -2.29. The van der Waals surface area contributed by atoms with Crippen molar-refractivity contribution in [3.05, 3.63) is 89.0 Å². The highest BCUT2D eigenvalue weighted by molar-refractivity contribution is 5.96. The van der Waals surface area contributed by atoms with E-state index in [1.807, 2.05) is 60.8 Å². The summed E-state index contributed by atoms with van der Waals surface area (Å²) in [5.41, 5.74) is 11.1. The SMILES string of the molecule is CC1=C(C#N)C(c2cccc3ncc(-c4ccccc4)cc23)C(C(=O)OC(C)C)=C(N)N1. The molecule has 1 aromatic heterocycles. The van der Waals surface area contributed by atoms with Gasteiger partial charge >= 0.3 is 5.97 Å². The van der Waals surface area contributed by atoms with Gasteiger partial charge in [0.25, 0.3) is 0 Å². The maximum absolute atomic E-state index is 13.0. The van der Waals surface area contributed by atoms with Gasteiger partial charge in [-0.05, 0) is 44.0 Å². The van der Waals surface area contributed by atoms with Crippen LogP contribution in [0.1, 0.15) is 32.3 Å². The molecule has 6 nitrogen and oxygen atoms in total. The maximum Gasteiger partial charge on any atom is 0.338 e. The number of fused-ring (bicyclic) bond motifs is 1. The molecule has 4 rings (SSSR count). The van der Waals surface area contributed by atoms with Crippen LogP contribution < -0.4 is 11.1 Å². The van der Waals surface area contributed by atoms with Crippen molar-refractivity contribution in [3.63, 3.8) is 0 Å². The third-order valence-corrected chi connectivity index (χ3v) is 5.45. The molecule has 1 aliphatic rings. The molecule has 160 valence electrons. The molecule has 1 aliphatic heterocycles. The zero-order valence-electron chi connectivity index (χ0n) is 18.2. The molecule has 3 N–H and O–H groups in total. The highest BCUT2D eigenvalue weighted by Gasteiger charge is 2.36. The number of esters is 1. The third kappa shape index (κ3) is 3.81. The summed E-state index contributed by atoms with van der Waals surface area (Å²) in [4.78, 5) is 17.7. The van der Waals surface area contributed by atoms with Crippen LogP contribution in [0.4, 0.5) is 0 Å². The number of hydrogen-bond donors (Lipinski definition) is 2. The number of nitrogens with one attached hydrogen (secondary N) is 1. The van der Waals surface area contributed by atoms with E-state index >= 15 is 0 Å². The summed E-state index contributed by atoms with van der Waals surface area (Å²) in [6.07, 6.45) is 1.51. The van der Waals surface area contributed by atoms with Crippen molar-refractivity contribution in [2.45, 2.75) is 32.8 Å². The molecule has 0 amide bonds. The van der Waals surface area contributed by atoms with Crippen molar-refractivity contribution < 1.29 is 9.53 Å². The van der Waals surface area contributed by atoms with E-state index in [1.165, 1.54) is 0 Å². The first-order valence-electron chi connectivity index (χ1n) is 10.4. The van der Waals surface area contributed by atoms with Crippen LogP contribution in [-0.2, 0) is 9.53 Å². The standard InChI is InChI=1S/C26H24N4O2/c1-15(2)32-26(31)24-23(21(13-27)16(3)30-25(24)28)19-10-7-11-22-20(19)12-18(14-29-22)17-8-5-4-6-9-17/h4-12,14-15,23,30H,28H2,1-3H3. The molecular formula is C26H24N4O2. The Morgan fingerprint density at radius 1 is 1.16 bits per heavy atom. The molecule has 6 heteroatoms. The number of carbonyl (C=O) groups is 1. The van der Waals surface area contributed by atoms with Gasteiger partial charge in [0.2, 0.25) is 0 Å². The van der Waals surface area contributed by atoms with Gasteiger partial charge in [-0.1, -0.05) is 42.5 Å². The lowest BCUT2D eigenvalue weighted by Crippen LogP contribution is -2.34. The highest BCUT2D eigenvalue weighted by Crippen LogP contribution is 2.40. The van der Waals surface area contributed by atoms with E-state index in [1.54, 1.807) is 20.8 Å². The molecular weight excluding hydrogens is 400 g/mol. The average Bonchev–Trinajstić information content (AvgIpc) is 2.78. The molecule has 0 saturated carbocycles. The van der Waals surface area contributed by atoms with Crippen LogP contribution in [-0.4, -0.2) is 17.1 Å². The molecule has 0 aliphatic carbocycles. The minimum absolute atomic E-state index is 0.196. The number of dihydropyridines is 1. The number of pyridine rings is 1. The molecule has 0 fully saturated rings. The van der Waals surface area contributed by atoms with Crippen LogP contribution in [0.5, 0.6) is 0 Å². The van der Waals surface area contributed by atoms with Gasteiger partial charge in [-0.2, -0.15) is 5.26 Å². The zero-order chi connectivity index (χ0) is 22.8. The summed E-state index contributed by atoms with van der Waals surface area (Å²) < 4.78 is 5.48. The molecule has 32 heavy (non-hydrogen) atoms. The minimum Gasteiger partial charge on any atom is -0.459 e. The number of benzene rings is 2. The maximum atomic E-state index is 13.0. The average molecular weight is 425 g/mol. The fourth-order valence-electron chi connectivity index (χ4n) is 4.03. The molecule has 0 bridgehead atoms. The van der Waals surface area contributed by atoms with Gasteiger partial charge in [-0.15, -0.1) is 0 Å². The normalized spacial score (nSPS) is 16.2. The summed E-state index contributed by atoms with van der Waals surface area (Å²) in [7, 11) is 0. The van der Waals surface area contributed by atoms with E-state index in [-0.39, 0.29) is 17.5 Å². The van der Waals surface area contributed by atoms with Gasteiger partial charge in [-0.3, -0.25) is 4.98 Å². The number of nitrogens with zero attached hydrogens (tertiary/aromatic N) is 2. The van der Waals surface area contributed by atoms with Crippen LogP contribution in [0, 0.1) is 11.3 Å². The first-order chi connectivity index (χ1) is 15.4. The molecule has 0 saturated heterocycles. The smallest absolute Gasteiger partial charge is 0.338 e. The summed E-state index contributed by atoms with van der Waals surface area (Å²) in [6, 6.07) is 20.0.